The molecule has 33 heavy (non-hydrogen) atoms. The first-order valence-electron chi connectivity index (χ1n) is 10.3. The van der Waals surface area contributed by atoms with Gasteiger partial charge in [0.25, 0.3) is 0 Å². The van der Waals surface area contributed by atoms with E-state index >= 15 is 0 Å². The number of rotatable bonds is 6. The molecule has 0 aliphatic rings. The Hall–Kier alpha value is -3.78. The van der Waals surface area contributed by atoms with Gasteiger partial charge in [0.15, 0.2) is 5.13 Å². The maximum absolute atomic E-state index is 13.3. The van der Waals surface area contributed by atoms with E-state index in [4.69, 9.17) is 4.74 Å². The molecule has 2 heterocycles. The summed E-state index contributed by atoms with van der Waals surface area (Å²) in [5.74, 6) is -0.955. The van der Waals surface area contributed by atoms with Crippen molar-refractivity contribution in [3.8, 4) is 5.69 Å². The minimum atomic E-state index is -0.475. The second kappa shape index (κ2) is 9.38. The van der Waals surface area contributed by atoms with Crippen LogP contribution in [0, 0.1) is 19.7 Å². The van der Waals surface area contributed by atoms with E-state index in [0.717, 1.165) is 17.1 Å². The monoisotopic (exact) mass is 463 g/mol. The number of carbonyl (C=O) groups excluding carboxylic acids is 2. The van der Waals surface area contributed by atoms with E-state index in [2.05, 4.69) is 4.98 Å². The lowest BCUT2D eigenvalue weighted by Crippen LogP contribution is -2.22. The number of benzene rings is 2. The number of hydrogen-bond acceptors (Lipinski definition) is 5. The SMILES string of the molecule is CC(=O)N(c1ccccc1)c1nc(COC(=O)c2cc(C)n(-c3ccc(F)cc3)c2C)cs1. The summed E-state index contributed by atoms with van der Waals surface area (Å²) in [6.07, 6.45) is 0. The van der Waals surface area contributed by atoms with E-state index in [1.54, 1.807) is 23.6 Å². The Bertz CT molecular complexity index is 1300. The highest BCUT2D eigenvalue weighted by atomic mass is 32.1. The Labute approximate surface area is 194 Å². The maximum Gasteiger partial charge on any atom is 0.340 e. The molecule has 0 N–H and O–H groups in total. The lowest BCUT2D eigenvalue weighted by Gasteiger charge is -2.17. The van der Waals surface area contributed by atoms with E-state index in [9.17, 15) is 14.0 Å². The fourth-order valence-corrected chi connectivity index (χ4v) is 4.51. The third-order valence-electron chi connectivity index (χ3n) is 5.15. The number of nitrogens with zero attached hydrogens (tertiary/aromatic N) is 3. The molecule has 0 spiro atoms. The van der Waals surface area contributed by atoms with Crippen LogP contribution in [0.5, 0.6) is 0 Å². The number of aromatic nitrogens is 2. The first kappa shape index (κ1) is 22.4. The molecular formula is C25H22FN3O3S. The standard InChI is InChI=1S/C25H22FN3O3S/c1-16-13-23(17(2)28(16)22-11-9-19(26)10-12-22)24(31)32-14-20-15-33-25(27-20)29(18(3)30)21-7-5-4-6-8-21/h4-13,15H,14H2,1-3H3. The van der Waals surface area contributed by atoms with Crippen molar-refractivity contribution in [2.24, 2.45) is 0 Å². The van der Waals surface area contributed by atoms with Gasteiger partial charge in [0.2, 0.25) is 5.91 Å². The van der Waals surface area contributed by atoms with Gasteiger partial charge in [-0.1, -0.05) is 18.2 Å². The molecule has 0 unspecified atom stereocenters. The van der Waals surface area contributed by atoms with Crippen LogP contribution >= 0.6 is 11.3 Å². The van der Waals surface area contributed by atoms with Crippen molar-refractivity contribution < 1.29 is 18.7 Å². The summed E-state index contributed by atoms with van der Waals surface area (Å²) >= 11 is 1.30. The fourth-order valence-electron chi connectivity index (χ4n) is 3.64. The van der Waals surface area contributed by atoms with Gasteiger partial charge in [-0.15, -0.1) is 11.3 Å². The zero-order valence-corrected chi connectivity index (χ0v) is 19.2. The molecule has 2 aromatic heterocycles. The highest BCUT2D eigenvalue weighted by Crippen LogP contribution is 2.29. The molecule has 0 atom stereocenters. The molecule has 168 valence electrons. The van der Waals surface area contributed by atoms with Crippen LogP contribution in [-0.4, -0.2) is 21.4 Å². The first-order valence-corrected chi connectivity index (χ1v) is 11.1. The second-order valence-corrected chi connectivity index (χ2v) is 8.32. The van der Waals surface area contributed by atoms with Crippen LogP contribution < -0.4 is 4.90 Å². The molecule has 0 aliphatic heterocycles. The average molecular weight is 464 g/mol. The lowest BCUT2D eigenvalue weighted by molar-refractivity contribution is -0.115. The third-order valence-corrected chi connectivity index (χ3v) is 6.02. The Morgan fingerprint density at radius 2 is 1.79 bits per heavy atom. The Morgan fingerprint density at radius 3 is 2.45 bits per heavy atom. The van der Waals surface area contributed by atoms with E-state index in [0.29, 0.717) is 22.1 Å². The van der Waals surface area contributed by atoms with Gasteiger partial charge in [-0.25, -0.2) is 14.2 Å². The maximum atomic E-state index is 13.3. The molecule has 0 saturated carbocycles. The molecule has 8 heteroatoms. The largest absolute Gasteiger partial charge is 0.455 e. The minimum Gasteiger partial charge on any atom is -0.455 e. The van der Waals surface area contributed by atoms with E-state index < -0.39 is 5.97 Å². The topological polar surface area (TPSA) is 64.4 Å². The molecule has 0 saturated heterocycles. The minimum absolute atomic E-state index is 0.0178. The van der Waals surface area contributed by atoms with Crippen molar-refractivity contribution in [1.29, 1.82) is 0 Å². The molecule has 6 nitrogen and oxygen atoms in total. The van der Waals surface area contributed by atoms with Gasteiger partial charge in [0, 0.05) is 29.4 Å². The van der Waals surface area contributed by atoms with Crippen molar-refractivity contribution in [3.05, 3.63) is 94.5 Å². The molecule has 1 amide bonds. The van der Waals surface area contributed by atoms with Crippen molar-refractivity contribution in [2.75, 3.05) is 4.90 Å². The zero-order chi connectivity index (χ0) is 23.5. The molecule has 4 rings (SSSR count). The summed E-state index contributed by atoms with van der Waals surface area (Å²) in [5, 5.41) is 2.28. The second-order valence-electron chi connectivity index (χ2n) is 7.48. The molecular weight excluding hydrogens is 441 g/mol. The highest BCUT2D eigenvalue weighted by Gasteiger charge is 2.20. The summed E-state index contributed by atoms with van der Waals surface area (Å²) < 4.78 is 20.7. The van der Waals surface area contributed by atoms with E-state index in [1.165, 1.54) is 35.3 Å². The van der Waals surface area contributed by atoms with Gasteiger partial charge < -0.3 is 9.30 Å². The van der Waals surface area contributed by atoms with Crippen molar-refractivity contribution in [2.45, 2.75) is 27.4 Å². The van der Waals surface area contributed by atoms with Gasteiger partial charge in [0.1, 0.15) is 12.4 Å². The summed E-state index contributed by atoms with van der Waals surface area (Å²) in [4.78, 5) is 31.0. The Kier molecular flexibility index (Phi) is 6.37. The number of ether oxygens (including phenoxy) is 1. The van der Waals surface area contributed by atoms with Gasteiger partial charge in [-0.05, 0) is 56.3 Å². The molecule has 2 aromatic carbocycles. The third kappa shape index (κ3) is 4.70. The number of carbonyl (C=O) groups is 2. The summed E-state index contributed by atoms with van der Waals surface area (Å²) in [6, 6.07) is 17.1. The number of para-hydroxylation sites is 1. The number of halogens is 1. The van der Waals surface area contributed by atoms with Crippen LogP contribution in [0.3, 0.4) is 0 Å². The van der Waals surface area contributed by atoms with Crippen molar-refractivity contribution >= 4 is 34.0 Å². The van der Waals surface area contributed by atoms with E-state index in [1.807, 2.05) is 48.7 Å². The van der Waals surface area contributed by atoms with Crippen molar-refractivity contribution in [1.82, 2.24) is 9.55 Å². The Balaban J connectivity index is 1.49. The average Bonchev–Trinajstić information content (AvgIpc) is 3.37. The predicted molar refractivity (Wildman–Crippen MR) is 126 cm³/mol. The zero-order valence-electron chi connectivity index (χ0n) is 18.4. The predicted octanol–water partition coefficient (Wildman–Crippen LogP) is 5.73. The van der Waals surface area contributed by atoms with Crippen LogP contribution in [0.15, 0.2) is 66.0 Å². The highest BCUT2D eigenvalue weighted by molar-refractivity contribution is 7.14. The Morgan fingerprint density at radius 1 is 1.09 bits per heavy atom. The number of aryl methyl sites for hydroxylation is 1. The first-order chi connectivity index (χ1) is 15.8. The van der Waals surface area contributed by atoms with Crippen LogP contribution in [-0.2, 0) is 16.1 Å². The van der Waals surface area contributed by atoms with Crippen LogP contribution in [0.2, 0.25) is 0 Å². The summed E-state index contributed by atoms with van der Waals surface area (Å²) in [6.45, 7) is 5.15. The van der Waals surface area contributed by atoms with Gasteiger partial charge in [-0.2, -0.15) is 0 Å². The smallest absolute Gasteiger partial charge is 0.340 e. The van der Waals surface area contributed by atoms with Gasteiger partial charge in [0.05, 0.1) is 16.9 Å². The normalized spacial score (nSPS) is 10.8. The lowest BCUT2D eigenvalue weighted by atomic mass is 10.2. The number of amides is 1. The number of thiazole rings is 1. The number of anilines is 2. The van der Waals surface area contributed by atoms with Crippen LogP contribution in [0.1, 0.15) is 34.4 Å². The van der Waals surface area contributed by atoms with Gasteiger partial charge in [-0.3, -0.25) is 9.69 Å². The van der Waals surface area contributed by atoms with Gasteiger partial charge >= 0.3 is 5.97 Å². The van der Waals surface area contributed by atoms with Crippen molar-refractivity contribution in [3.63, 3.8) is 0 Å². The van der Waals surface area contributed by atoms with Crippen LogP contribution in [0.4, 0.5) is 15.2 Å². The molecule has 0 radical (unpaired) electrons. The quantitative estimate of drug-likeness (QED) is 0.343. The summed E-state index contributed by atoms with van der Waals surface area (Å²) in [7, 11) is 0. The number of esters is 1. The fraction of sp³-hybridized carbons (Fsp3) is 0.160. The van der Waals surface area contributed by atoms with E-state index in [-0.39, 0.29) is 18.3 Å². The molecule has 0 aliphatic carbocycles. The molecule has 0 bridgehead atoms. The molecule has 0 fully saturated rings. The summed E-state index contributed by atoms with van der Waals surface area (Å²) in [5.41, 5.74) is 4.01. The van der Waals surface area contributed by atoms with Crippen LogP contribution in [0.25, 0.3) is 5.69 Å². The number of hydrogen-bond donors (Lipinski definition) is 0. The molecule has 4 aromatic rings.